The number of allylic oxidation sites excluding steroid dienone is 1. The average molecular weight is 413 g/mol. The van der Waals surface area contributed by atoms with Crippen LogP contribution in [-0.2, 0) is 0 Å². The molecule has 0 aromatic heterocycles. The maximum absolute atomic E-state index is 10.2. The summed E-state index contributed by atoms with van der Waals surface area (Å²) in [4.78, 5) is 0. The van der Waals surface area contributed by atoms with Crippen LogP contribution in [0.15, 0.2) is 11.6 Å². The first-order valence-electron chi connectivity index (χ1n) is 13.6. The Morgan fingerprint density at radius 1 is 1.00 bits per heavy atom. The normalized spacial score (nSPS) is 52.4. The van der Waals surface area contributed by atoms with Crippen molar-refractivity contribution in [2.45, 2.75) is 118 Å². The van der Waals surface area contributed by atoms with Crippen molar-refractivity contribution >= 4 is 0 Å². The molecule has 0 amide bonds. The number of hydrogen-bond acceptors (Lipinski definition) is 1. The largest absolute Gasteiger partial charge is 0.393 e. The van der Waals surface area contributed by atoms with Crippen molar-refractivity contribution in [2.24, 2.45) is 51.8 Å². The molecule has 30 heavy (non-hydrogen) atoms. The van der Waals surface area contributed by atoms with Gasteiger partial charge in [-0.15, -0.1) is 0 Å². The minimum absolute atomic E-state index is 0.0749. The molecule has 9 atom stereocenters. The van der Waals surface area contributed by atoms with E-state index in [0.717, 1.165) is 48.3 Å². The second-order valence-electron chi connectivity index (χ2n) is 13.2. The maximum atomic E-state index is 10.2. The molecule has 0 aromatic rings. The van der Waals surface area contributed by atoms with Crippen LogP contribution in [0, 0.1) is 51.8 Å². The van der Waals surface area contributed by atoms with E-state index in [0.29, 0.717) is 16.2 Å². The van der Waals surface area contributed by atoms with Crippen molar-refractivity contribution < 1.29 is 5.11 Å². The van der Waals surface area contributed by atoms with Crippen LogP contribution in [0.3, 0.4) is 0 Å². The van der Waals surface area contributed by atoms with Gasteiger partial charge < -0.3 is 5.11 Å². The predicted molar refractivity (Wildman–Crippen MR) is 126 cm³/mol. The van der Waals surface area contributed by atoms with Crippen LogP contribution in [-0.4, -0.2) is 11.2 Å². The summed E-state index contributed by atoms with van der Waals surface area (Å²) in [5.41, 5.74) is 3.33. The molecule has 3 unspecified atom stereocenters. The molecule has 0 spiro atoms. The second kappa shape index (κ2) is 7.36. The molecule has 0 aromatic carbocycles. The highest BCUT2D eigenvalue weighted by molar-refractivity contribution is 5.25. The maximum Gasteiger partial charge on any atom is 0.0577 e. The molecule has 5 aliphatic carbocycles. The molecular weight excluding hydrogens is 364 g/mol. The summed E-state index contributed by atoms with van der Waals surface area (Å²) in [5, 5.41) is 10.2. The van der Waals surface area contributed by atoms with E-state index in [1.54, 1.807) is 5.57 Å². The Morgan fingerprint density at radius 3 is 2.47 bits per heavy atom. The van der Waals surface area contributed by atoms with Gasteiger partial charge in [0.2, 0.25) is 0 Å². The summed E-state index contributed by atoms with van der Waals surface area (Å²) in [6.45, 7) is 12.6. The first-order chi connectivity index (χ1) is 14.2. The van der Waals surface area contributed by atoms with Gasteiger partial charge in [-0.25, -0.2) is 0 Å². The van der Waals surface area contributed by atoms with E-state index < -0.39 is 0 Å². The lowest BCUT2D eigenvalue weighted by molar-refractivity contribution is -0.0510. The van der Waals surface area contributed by atoms with Crippen molar-refractivity contribution in [3.8, 4) is 0 Å². The van der Waals surface area contributed by atoms with Crippen molar-refractivity contribution in [3.05, 3.63) is 11.6 Å². The molecule has 0 radical (unpaired) electrons. The van der Waals surface area contributed by atoms with E-state index in [-0.39, 0.29) is 6.10 Å². The lowest BCUT2D eigenvalue weighted by Crippen LogP contribution is -2.50. The number of hydrogen-bond donors (Lipinski definition) is 1. The third-order valence-corrected chi connectivity index (χ3v) is 12.2. The Bertz CT molecular complexity index is 692. The molecule has 5 aliphatic rings. The van der Waals surface area contributed by atoms with E-state index >= 15 is 0 Å². The number of rotatable bonds is 5. The van der Waals surface area contributed by atoms with Crippen molar-refractivity contribution in [1.82, 2.24) is 0 Å². The second-order valence-corrected chi connectivity index (χ2v) is 13.2. The minimum atomic E-state index is -0.0749. The zero-order valence-corrected chi connectivity index (χ0v) is 20.6. The summed E-state index contributed by atoms with van der Waals surface area (Å²) in [7, 11) is 0. The quantitative estimate of drug-likeness (QED) is 0.457. The zero-order chi connectivity index (χ0) is 21.3. The first-order valence-corrected chi connectivity index (χ1v) is 13.6. The van der Waals surface area contributed by atoms with E-state index in [1.807, 2.05) is 0 Å². The monoisotopic (exact) mass is 412 g/mol. The SMILES string of the molecule is CC[C@]1(C(C)C)C[C@@H]1CC[C@H]1CCC2C3CC=C4C[C@@H](O)CC[C@]4(C)C3CC[C@@]21C. The highest BCUT2D eigenvalue weighted by atomic mass is 16.3. The van der Waals surface area contributed by atoms with Gasteiger partial charge in [-0.1, -0.05) is 46.3 Å². The van der Waals surface area contributed by atoms with Crippen LogP contribution < -0.4 is 0 Å². The highest BCUT2D eigenvalue weighted by Crippen LogP contribution is 2.68. The molecule has 5 rings (SSSR count). The van der Waals surface area contributed by atoms with Gasteiger partial charge in [-0.2, -0.15) is 0 Å². The van der Waals surface area contributed by atoms with E-state index in [9.17, 15) is 5.11 Å². The lowest BCUT2D eigenvalue weighted by atomic mass is 9.47. The minimum Gasteiger partial charge on any atom is -0.393 e. The highest BCUT2D eigenvalue weighted by Gasteiger charge is 2.59. The molecule has 4 saturated carbocycles. The summed E-state index contributed by atoms with van der Waals surface area (Å²) < 4.78 is 0. The van der Waals surface area contributed by atoms with Crippen LogP contribution in [0.25, 0.3) is 0 Å². The smallest absolute Gasteiger partial charge is 0.0577 e. The molecule has 1 N–H and O–H groups in total. The zero-order valence-electron chi connectivity index (χ0n) is 20.6. The Morgan fingerprint density at radius 2 is 1.77 bits per heavy atom. The Labute approximate surface area is 186 Å². The van der Waals surface area contributed by atoms with Gasteiger partial charge >= 0.3 is 0 Å². The van der Waals surface area contributed by atoms with E-state index in [1.165, 1.54) is 64.2 Å². The molecular formula is C29H48O. The van der Waals surface area contributed by atoms with Crippen LogP contribution in [0.4, 0.5) is 0 Å². The average Bonchev–Trinajstić information content (AvgIpc) is 3.34. The van der Waals surface area contributed by atoms with Gasteiger partial charge in [0.25, 0.3) is 0 Å². The summed E-state index contributed by atoms with van der Waals surface area (Å²) in [6, 6.07) is 0. The van der Waals surface area contributed by atoms with Gasteiger partial charge in [0.05, 0.1) is 6.10 Å². The molecule has 1 heteroatoms. The van der Waals surface area contributed by atoms with Crippen molar-refractivity contribution in [1.29, 1.82) is 0 Å². The third kappa shape index (κ3) is 3.03. The van der Waals surface area contributed by atoms with Gasteiger partial charge in [0, 0.05) is 0 Å². The Hall–Kier alpha value is -0.300. The molecule has 0 bridgehead atoms. The fourth-order valence-corrected chi connectivity index (χ4v) is 9.96. The topological polar surface area (TPSA) is 20.2 Å². The van der Waals surface area contributed by atoms with Gasteiger partial charge in [-0.05, 0) is 129 Å². The van der Waals surface area contributed by atoms with Crippen LogP contribution in [0.1, 0.15) is 112 Å². The number of fused-ring (bicyclic) bond motifs is 5. The fraction of sp³-hybridized carbons (Fsp3) is 0.931. The molecule has 4 fully saturated rings. The summed E-state index contributed by atoms with van der Waals surface area (Å²) in [6.07, 6.45) is 18.9. The predicted octanol–water partition coefficient (Wildman–Crippen LogP) is 7.78. The number of aliphatic hydroxyl groups excluding tert-OH is 1. The van der Waals surface area contributed by atoms with Crippen LogP contribution in [0.5, 0.6) is 0 Å². The van der Waals surface area contributed by atoms with Gasteiger partial charge in [0.1, 0.15) is 0 Å². The van der Waals surface area contributed by atoms with Gasteiger partial charge in [-0.3, -0.25) is 0 Å². The number of aliphatic hydroxyl groups is 1. The summed E-state index contributed by atoms with van der Waals surface area (Å²) >= 11 is 0. The Balaban J connectivity index is 1.28. The van der Waals surface area contributed by atoms with E-state index in [4.69, 9.17) is 0 Å². The fourth-order valence-electron chi connectivity index (χ4n) is 9.96. The molecule has 0 heterocycles. The van der Waals surface area contributed by atoms with Gasteiger partial charge in [0.15, 0.2) is 0 Å². The summed E-state index contributed by atoms with van der Waals surface area (Å²) in [5.74, 6) is 5.64. The third-order valence-electron chi connectivity index (χ3n) is 12.2. The van der Waals surface area contributed by atoms with Crippen molar-refractivity contribution in [3.63, 3.8) is 0 Å². The first kappa shape index (κ1) is 21.5. The van der Waals surface area contributed by atoms with Crippen LogP contribution in [0.2, 0.25) is 0 Å². The van der Waals surface area contributed by atoms with Crippen molar-refractivity contribution in [2.75, 3.05) is 0 Å². The molecule has 1 nitrogen and oxygen atoms in total. The van der Waals surface area contributed by atoms with Crippen LogP contribution >= 0.6 is 0 Å². The lowest BCUT2D eigenvalue weighted by Gasteiger charge is -2.58. The molecule has 0 aliphatic heterocycles. The molecule has 0 saturated heterocycles. The molecule has 170 valence electrons. The Kier molecular flexibility index (Phi) is 5.28. The standard InChI is InChI=1S/C29H48O/c1-6-29(19(2)3)18-22(29)8-7-20-10-12-25-24-11-9-21-17-23(30)13-15-28(21,5)26(24)14-16-27(20,25)4/h9,19-20,22-26,30H,6-8,10-18H2,1-5H3/t20-,22-,23-,24?,25?,26?,27+,28-,29+/m0/s1. The van der Waals surface area contributed by atoms with E-state index in [2.05, 4.69) is 40.7 Å².